The molecule has 2 heterocycles. The highest BCUT2D eigenvalue weighted by molar-refractivity contribution is 7.91. The Labute approximate surface area is 144 Å². The quantitative estimate of drug-likeness (QED) is 0.805. The van der Waals surface area contributed by atoms with Gasteiger partial charge in [-0.05, 0) is 50.9 Å². The molecular weight excluding hydrogens is 322 g/mol. The molecule has 1 aromatic heterocycles. The van der Waals surface area contributed by atoms with Crippen LogP contribution in [0, 0.1) is 12.8 Å². The van der Waals surface area contributed by atoms with Gasteiger partial charge in [0, 0.05) is 18.3 Å². The molecule has 130 valence electrons. The van der Waals surface area contributed by atoms with Crippen molar-refractivity contribution in [3.05, 3.63) is 47.8 Å². The summed E-state index contributed by atoms with van der Waals surface area (Å²) in [6, 6.07) is 8.19. The Balaban J connectivity index is 1.54. The molecule has 0 radical (unpaired) electrons. The van der Waals surface area contributed by atoms with Gasteiger partial charge in [-0.1, -0.05) is 18.2 Å². The molecule has 1 aromatic carbocycles. The van der Waals surface area contributed by atoms with Crippen LogP contribution in [0.4, 0.5) is 0 Å². The van der Waals surface area contributed by atoms with Gasteiger partial charge in [0.15, 0.2) is 9.84 Å². The number of aromatic nitrogens is 2. The van der Waals surface area contributed by atoms with Gasteiger partial charge in [-0.3, -0.25) is 0 Å². The summed E-state index contributed by atoms with van der Waals surface area (Å²) in [7, 11) is -0.688. The number of aryl methyl sites for hydroxylation is 1. The number of sulfone groups is 1. The summed E-state index contributed by atoms with van der Waals surface area (Å²) >= 11 is 0. The number of rotatable bonds is 6. The fraction of sp³-hybridized carbons (Fsp3) is 0.500. The average Bonchev–Trinajstić information content (AvgIpc) is 3.12. The number of para-hydroxylation sites is 1. The summed E-state index contributed by atoms with van der Waals surface area (Å²) in [5, 5.41) is 4.47. The zero-order chi connectivity index (χ0) is 17.2. The highest BCUT2D eigenvalue weighted by atomic mass is 32.2. The minimum absolute atomic E-state index is 0.326. The lowest BCUT2D eigenvalue weighted by molar-refractivity contribution is 0.300. The van der Waals surface area contributed by atoms with Gasteiger partial charge in [-0.2, -0.15) is 5.10 Å². The monoisotopic (exact) mass is 347 g/mol. The highest BCUT2D eigenvalue weighted by Crippen LogP contribution is 2.22. The molecule has 24 heavy (non-hydrogen) atoms. The van der Waals surface area contributed by atoms with Crippen molar-refractivity contribution in [2.75, 3.05) is 25.1 Å². The minimum atomic E-state index is -2.77. The normalized spacial score (nSPS) is 19.9. The van der Waals surface area contributed by atoms with Crippen molar-refractivity contribution >= 4 is 9.84 Å². The van der Waals surface area contributed by atoms with E-state index in [0.717, 1.165) is 31.6 Å². The van der Waals surface area contributed by atoms with Crippen LogP contribution in [0.15, 0.2) is 36.7 Å². The zero-order valence-electron chi connectivity index (χ0n) is 14.4. The van der Waals surface area contributed by atoms with Crippen molar-refractivity contribution in [3.63, 3.8) is 0 Å². The standard InChI is InChI=1S/C18H25N3O2S/c1-15-5-3-4-6-18(15)21-13-17(11-19-21)12-20(2)9-7-16-8-10-24(22,23)14-16/h3-6,11,13,16H,7-10,12,14H2,1-2H3/t16-/m1/s1. The largest absolute Gasteiger partial charge is 0.302 e. The SMILES string of the molecule is Cc1ccccc1-n1cc(CN(C)CC[C@@H]2CCS(=O)(=O)C2)cn1. The van der Waals surface area contributed by atoms with E-state index in [1.807, 2.05) is 23.0 Å². The van der Waals surface area contributed by atoms with Gasteiger partial charge in [0.2, 0.25) is 0 Å². The lowest BCUT2D eigenvalue weighted by atomic mass is 10.1. The fourth-order valence-corrected chi connectivity index (χ4v) is 5.20. The molecule has 1 saturated heterocycles. The van der Waals surface area contributed by atoms with Gasteiger partial charge in [-0.15, -0.1) is 0 Å². The summed E-state index contributed by atoms with van der Waals surface area (Å²) in [6.07, 6.45) is 5.74. The predicted molar refractivity (Wildman–Crippen MR) is 96.0 cm³/mol. The van der Waals surface area contributed by atoms with Crippen molar-refractivity contribution in [2.45, 2.75) is 26.3 Å². The molecular formula is C18H25N3O2S. The molecule has 0 aliphatic carbocycles. The van der Waals surface area contributed by atoms with Crippen LogP contribution in [0.1, 0.15) is 24.0 Å². The van der Waals surface area contributed by atoms with Crippen molar-refractivity contribution in [2.24, 2.45) is 5.92 Å². The molecule has 0 spiro atoms. The third kappa shape index (κ3) is 4.24. The maximum absolute atomic E-state index is 11.5. The molecule has 0 N–H and O–H groups in total. The molecule has 1 aliphatic rings. The fourth-order valence-electron chi connectivity index (χ4n) is 3.29. The van der Waals surface area contributed by atoms with Gasteiger partial charge < -0.3 is 4.90 Å². The van der Waals surface area contributed by atoms with E-state index in [1.165, 1.54) is 11.1 Å². The molecule has 3 rings (SSSR count). The van der Waals surface area contributed by atoms with Crippen LogP contribution in [0.25, 0.3) is 5.69 Å². The van der Waals surface area contributed by atoms with Crippen LogP contribution in [0.5, 0.6) is 0 Å². The highest BCUT2D eigenvalue weighted by Gasteiger charge is 2.27. The van der Waals surface area contributed by atoms with Crippen LogP contribution < -0.4 is 0 Å². The molecule has 6 heteroatoms. The number of nitrogens with zero attached hydrogens (tertiary/aromatic N) is 3. The van der Waals surface area contributed by atoms with Crippen LogP contribution in [-0.4, -0.2) is 48.2 Å². The van der Waals surface area contributed by atoms with Gasteiger partial charge in [0.05, 0.1) is 23.4 Å². The van der Waals surface area contributed by atoms with E-state index in [-0.39, 0.29) is 0 Å². The minimum Gasteiger partial charge on any atom is -0.302 e. The van der Waals surface area contributed by atoms with E-state index in [1.54, 1.807) is 0 Å². The van der Waals surface area contributed by atoms with Crippen LogP contribution in [0.3, 0.4) is 0 Å². The Morgan fingerprint density at radius 3 is 2.83 bits per heavy atom. The molecule has 0 bridgehead atoms. The first kappa shape index (κ1) is 17.2. The zero-order valence-corrected chi connectivity index (χ0v) is 15.2. The number of hydrogen-bond acceptors (Lipinski definition) is 4. The van der Waals surface area contributed by atoms with Crippen molar-refractivity contribution < 1.29 is 8.42 Å². The van der Waals surface area contributed by atoms with E-state index in [4.69, 9.17) is 0 Å². The van der Waals surface area contributed by atoms with Crippen LogP contribution in [-0.2, 0) is 16.4 Å². The Kier molecular flexibility index (Phi) is 5.06. The lowest BCUT2D eigenvalue weighted by Crippen LogP contribution is -2.21. The lowest BCUT2D eigenvalue weighted by Gasteiger charge is -2.17. The van der Waals surface area contributed by atoms with Gasteiger partial charge >= 0.3 is 0 Å². The van der Waals surface area contributed by atoms with E-state index in [0.29, 0.717) is 17.4 Å². The first-order valence-corrected chi connectivity index (χ1v) is 10.2. The third-order valence-corrected chi connectivity index (χ3v) is 6.53. The molecule has 0 saturated carbocycles. The third-order valence-electron chi connectivity index (χ3n) is 4.70. The molecule has 1 aliphatic heterocycles. The number of hydrogen-bond donors (Lipinski definition) is 0. The molecule has 0 unspecified atom stereocenters. The van der Waals surface area contributed by atoms with Gasteiger partial charge in [0.1, 0.15) is 0 Å². The number of benzene rings is 1. The summed E-state index contributed by atoms with van der Waals surface area (Å²) < 4.78 is 25.0. The summed E-state index contributed by atoms with van der Waals surface area (Å²) in [4.78, 5) is 2.24. The Hall–Kier alpha value is -1.66. The molecule has 2 aromatic rings. The second kappa shape index (κ2) is 7.07. The van der Waals surface area contributed by atoms with Crippen molar-refractivity contribution in [3.8, 4) is 5.69 Å². The topological polar surface area (TPSA) is 55.2 Å². The van der Waals surface area contributed by atoms with E-state index in [9.17, 15) is 8.42 Å². The smallest absolute Gasteiger partial charge is 0.150 e. The van der Waals surface area contributed by atoms with Crippen LogP contribution in [0.2, 0.25) is 0 Å². The molecule has 5 nitrogen and oxygen atoms in total. The molecule has 1 atom stereocenters. The Morgan fingerprint density at radius 1 is 1.33 bits per heavy atom. The maximum atomic E-state index is 11.5. The first-order chi connectivity index (χ1) is 11.4. The summed E-state index contributed by atoms with van der Waals surface area (Å²) in [5.41, 5.74) is 3.46. The second-order valence-corrected chi connectivity index (χ2v) is 9.10. The van der Waals surface area contributed by atoms with Crippen molar-refractivity contribution in [1.82, 2.24) is 14.7 Å². The van der Waals surface area contributed by atoms with E-state index >= 15 is 0 Å². The van der Waals surface area contributed by atoms with Gasteiger partial charge in [0.25, 0.3) is 0 Å². The van der Waals surface area contributed by atoms with Gasteiger partial charge in [-0.25, -0.2) is 13.1 Å². The predicted octanol–water partition coefficient (Wildman–Crippen LogP) is 2.44. The molecule has 1 fully saturated rings. The van der Waals surface area contributed by atoms with E-state index in [2.05, 4.69) is 42.3 Å². The molecule has 0 amide bonds. The maximum Gasteiger partial charge on any atom is 0.150 e. The Morgan fingerprint density at radius 2 is 2.12 bits per heavy atom. The summed E-state index contributed by atoms with van der Waals surface area (Å²) in [5.74, 6) is 1.06. The van der Waals surface area contributed by atoms with E-state index < -0.39 is 9.84 Å². The van der Waals surface area contributed by atoms with Crippen molar-refractivity contribution in [1.29, 1.82) is 0 Å². The summed E-state index contributed by atoms with van der Waals surface area (Å²) in [6.45, 7) is 3.82. The van der Waals surface area contributed by atoms with Crippen LogP contribution >= 0.6 is 0 Å². The Bertz CT molecular complexity index is 798. The first-order valence-electron chi connectivity index (χ1n) is 8.41. The second-order valence-electron chi connectivity index (χ2n) is 6.88. The average molecular weight is 347 g/mol.